The number of benzene rings is 2. The molecule has 0 aliphatic carbocycles. The highest BCUT2D eigenvalue weighted by Crippen LogP contribution is 2.29. The molecule has 1 aromatic heterocycles. The summed E-state index contributed by atoms with van der Waals surface area (Å²) in [5, 5.41) is 16.2. The van der Waals surface area contributed by atoms with E-state index in [4.69, 9.17) is 21.4 Å². The number of aromatic nitrogens is 2. The predicted molar refractivity (Wildman–Crippen MR) is 133 cm³/mol. The van der Waals surface area contributed by atoms with Crippen molar-refractivity contribution in [3.05, 3.63) is 64.8 Å². The number of nitrogens with one attached hydrogen (secondary N) is 2. The van der Waals surface area contributed by atoms with Crippen molar-refractivity contribution < 1.29 is 14.6 Å². The summed E-state index contributed by atoms with van der Waals surface area (Å²) in [7, 11) is 1.58. The van der Waals surface area contributed by atoms with Crippen LogP contribution in [0.4, 0.5) is 27.9 Å². The van der Waals surface area contributed by atoms with E-state index in [0.29, 0.717) is 35.6 Å². The van der Waals surface area contributed by atoms with Gasteiger partial charge in [-0.05, 0) is 36.8 Å². The number of carboxylic acid groups (broad SMARTS) is 1. The zero-order valence-corrected chi connectivity index (χ0v) is 19.8. The maximum atomic E-state index is 11.1. The summed E-state index contributed by atoms with van der Waals surface area (Å²) in [5.74, 6) is 1.73. The lowest BCUT2D eigenvalue weighted by atomic mass is 10.1. The number of ether oxygens (including phenoxy) is 1. The first kappa shape index (κ1) is 23.6. The summed E-state index contributed by atoms with van der Waals surface area (Å²) < 4.78 is 5.29. The van der Waals surface area contributed by atoms with Gasteiger partial charge < -0.3 is 25.4 Å². The third kappa shape index (κ3) is 5.86. The summed E-state index contributed by atoms with van der Waals surface area (Å²) in [6.07, 6.45) is 0.907. The fraction of sp³-hybridized carbons (Fsp3) is 0.292. The maximum Gasteiger partial charge on any atom is 0.407 e. The standard InChI is InChI=1S/C24H27ClN6O3/c1-16-14-26-23(29-22(16)27-19-6-7-20(25)21(13-19)34-2)28-18-5-3-4-17(12-18)15-30-8-10-31(11-9-30)24(32)33/h3-7,12-14H,8-11,15H2,1-2H3,(H,32,33)(H2,26,27,28,29). The fourth-order valence-electron chi connectivity index (χ4n) is 3.74. The van der Waals surface area contributed by atoms with E-state index in [1.54, 1.807) is 19.4 Å². The van der Waals surface area contributed by atoms with Crippen molar-refractivity contribution in [1.29, 1.82) is 0 Å². The second kappa shape index (κ2) is 10.6. The van der Waals surface area contributed by atoms with Gasteiger partial charge in [-0.3, -0.25) is 4.90 Å². The number of piperazine rings is 1. The largest absolute Gasteiger partial charge is 0.495 e. The molecule has 178 valence electrons. The molecule has 3 N–H and O–H groups in total. The number of amides is 1. The van der Waals surface area contributed by atoms with Crippen LogP contribution in [0.2, 0.25) is 5.02 Å². The highest BCUT2D eigenvalue weighted by molar-refractivity contribution is 6.32. The van der Waals surface area contributed by atoms with Gasteiger partial charge in [-0.25, -0.2) is 9.78 Å². The van der Waals surface area contributed by atoms with E-state index in [0.717, 1.165) is 42.1 Å². The van der Waals surface area contributed by atoms with Crippen molar-refractivity contribution in [3.8, 4) is 5.75 Å². The lowest BCUT2D eigenvalue weighted by molar-refractivity contribution is 0.103. The lowest BCUT2D eigenvalue weighted by Crippen LogP contribution is -2.47. The highest BCUT2D eigenvalue weighted by atomic mass is 35.5. The molecule has 0 unspecified atom stereocenters. The van der Waals surface area contributed by atoms with E-state index >= 15 is 0 Å². The molecule has 1 fully saturated rings. The Morgan fingerprint density at radius 2 is 1.88 bits per heavy atom. The molecule has 1 saturated heterocycles. The van der Waals surface area contributed by atoms with Gasteiger partial charge >= 0.3 is 6.09 Å². The van der Waals surface area contributed by atoms with Gasteiger partial charge in [-0.1, -0.05) is 23.7 Å². The molecule has 4 rings (SSSR count). The van der Waals surface area contributed by atoms with E-state index < -0.39 is 6.09 Å². The molecule has 0 spiro atoms. The van der Waals surface area contributed by atoms with E-state index in [9.17, 15) is 4.79 Å². The molecule has 1 amide bonds. The lowest BCUT2D eigenvalue weighted by Gasteiger charge is -2.33. The van der Waals surface area contributed by atoms with Crippen LogP contribution in [0.5, 0.6) is 5.75 Å². The molecule has 3 aromatic rings. The Morgan fingerprint density at radius 3 is 2.62 bits per heavy atom. The molecule has 1 aliphatic rings. The van der Waals surface area contributed by atoms with Crippen molar-refractivity contribution in [2.75, 3.05) is 43.9 Å². The first-order valence-corrected chi connectivity index (χ1v) is 11.3. The zero-order valence-electron chi connectivity index (χ0n) is 19.1. The normalized spacial score (nSPS) is 14.0. The molecule has 9 nitrogen and oxygen atoms in total. The molecule has 10 heteroatoms. The topological polar surface area (TPSA) is 103 Å². The molecule has 2 aromatic carbocycles. The van der Waals surface area contributed by atoms with E-state index in [1.165, 1.54) is 4.90 Å². The molecule has 34 heavy (non-hydrogen) atoms. The zero-order chi connectivity index (χ0) is 24.1. The summed E-state index contributed by atoms with van der Waals surface area (Å²) in [6.45, 7) is 5.18. The number of hydrogen-bond acceptors (Lipinski definition) is 7. The first-order chi connectivity index (χ1) is 16.4. The summed E-state index contributed by atoms with van der Waals surface area (Å²) in [4.78, 5) is 23.9. The average Bonchev–Trinajstić information content (AvgIpc) is 2.83. The van der Waals surface area contributed by atoms with Crippen LogP contribution in [0.1, 0.15) is 11.1 Å². The van der Waals surface area contributed by atoms with Crippen LogP contribution in [-0.2, 0) is 6.54 Å². The Kier molecular flexibility index (Phi) is 7.34. The summed E-state index contributed by atoms with van der Waals surface area (Å²) >= 11 is 6.12. The van der Waals surface area contributed by atoms with Crippen molar-refractivity contribution in [2.24, 2.45) is 0 Å². The van der Waals surface area contributed by atoms with Gasteiger partial charge in [0, 0.05) is 61.9 Å². The first-order valence-electron chi connectivity index (χ1n) is 10.9. The second-order valence-corrected chi connectivity index (χ2v) is 8.48. The van der Waals surface area contributed by atoms with Gasteiger partial charge in [0.2, 0.25) is 5.95 Å². The van der Waals surface area contributed by atoms with Crippen LogP contribution >= 0.6 is 11.6 Å². The minimum Gasteiger partial charge on any atom is -0.495 e. The van der Waals surface area contributed by atoms with Crippen LogP contribution in [0.25, 0.3) is 0 Å². The minimum atomic E-state index is -0.854. The number of hydrogen-bond donors (Lipinski definition) is 3. The number of carbonyl (C=O) groups is 1. The van der Waals surface area contributed by atoms with Crippen LogP contribution in [0, 0.1) is 6.92 Å². The van der Waals surface area contributed by atoms with Gasteiger partial charge in [-0.15, -0.1) is 0 Å². The third-order valence-corrected chi connectivity index (χ3v) is 5.93. The highest BCUT2D eigenvalue weighted by Gasteiger charge is 2.20. The summed E-state index contributed by atoms with van der Waals surface area (Å²) in [6, 6.07) is 13.5. The SMILES string of the molecule is COc1cc(Nc2nc(Nc3cccc(CN4CCN(C(=O)O)CC4)c3)ncc2C)ccc1Cl. The Labute approximate surface area is 203 Å². The Bertz CT molecular complexity index is 1170. The number of rotatable bonds is 7. The molecule has 0 saturated carbocycles. The van der Waals surface area contributed by atoms with Crippen molar-refractivity contribution in [2.45, 2.75) is 13.5 Å². The monoisotopic (exact) mass is 482 g/mol. The molecule has 1 aliphatic heterocycles. The quantitative estimate of drug-likeness (QED) is 0.444. The van der Waals surface area contributed by atoms with Gasteiger partial charge in [0.1, 0.15) is 11.6 Å². The van der Waals surface area contributed by atoms with Gasteiger partial charge in [-0.2, -0.15) is 4.98 Å². The number of nitrogens with zero attached hydrogens (tertiary/aromatic N) is 4. The van der Waals surface area contributed by atoms with Crippen molar-refractivity contribution in [1.82, 2.24) is 19.8 Å². The molecular weight excluding hydrogens is 456 g/mol. The molecular formula is C24H27ClN6O3. The third-order valence-electron chi connectivity index (χ3n) is 5.62. The minimum absolute atomic E-state index is 0.473. The Morgan fingerprint density at radius 1 is 1.12 bits per heavy atom. The Hall–Kier alpha value is -3.56. The van der Waals surface area contributed by atoms with Crippen molar-refractivity contribution >= 4 is 40.8 Å². The van der Waals surface area contributed by atoms with Crippen LogP contribution < -0.4 is 15.4 Å². The van der Waals surface area contributed by atoms with E-state index in [2.05, 4.69) is 37.6 Å². The predicted octanol–water partition coefficient (Wildman–Crippen LogP) is 4.73. The maximum absolute atomic E-state index is 11.1. The van der Waals surface area contributed by atoms with Crippen LogP contribution in [0.15, 0.2) is 48.7 Å². The molecule has 2 heterocycles. The fourth-order valence-corrected chi connectivity index (χ4v) is 3.93. The average molecular weight is 483 g/mol. The smallest absolute Gasteiger partial charge is 0.407 e. The van der Waals surface area contributed by atoms with Gasteiger partial charge in [0.25, 0.3) is 0 Å². The van der Waals surface area contributed by atoms with E-state index in [1.807, 2.05) is 31.2 Å². The van der Waals surface area contributed by atoms with Crippen LogP contribution in [0.3, 0.4) is 0 Å². The van der Waals surface area contributed by atoms with Gasteiger partial charge in [0.05, 0.1) is 12.1 Å². The van der Waals surface area contributed by atoms with E-state index in [-0.39, 0.29) is 0 Å². The molecule has 0 radical (unpaired) electrons. The molecule has 0 atom stereocenters. The molecule has 0 bridgehead atoms. The second-order valence-electron chi connectivity index (χ2n) is 8.07. The Balaban J connectivity index is 1.42. The number of methoxy groups -OCH3 is 1. The van der Waals surface area contributed by atoms with Crippen LogP contribution in [-0.4, -0.2) is 64.3 Å². The van der Waals surface area contributed by atoms with Gasteiger partial charge in [0.15, 0.2) is 0 Å². The van der Waals surface area contributed by atoms with Crippen molar-refractivity contribution in [3.63, 3.8) is 0 Å². The number of aryl methyl sites for hydroxylation is 1. The summed E-state index contributed by atoms with van der Waals surface area (Å²) in [5.41, 5.74) is 3.71. The number of halogens is 1. The number of anilines is 4.